The van der Waals surface area contributed by atoms with Gasteiger partial charge in [-0.2, -0.15) is 4.31 Å². The maximum Gasteiger partial charge on any atom is 0.341 e. The van der Waals surface area contributed by atoms with Crippen LogP contribution in [-0.2, 0) is 19.6 Å². The molecule has 1 aliphatic heterocycles. The van der Waals surface area contributed by atoms with Gasteiger partial charge in [0.05, 0.1) is 12.5 Å². The first-order valence-electron chi connectivity index (χ1n) is 11.4. The number of rotatable bonds is 6. The average molecular weight is 454 g/mol. The van der Waals surface area contributed by atoms with Crippen molar-refractivity contribution < 1.29 is 22.7 Å². The number of ether oxygens (including phenoxy) is 1. The van der Waals surface area contributed by atoms with Gasteiger partial charge in [-0.15, -0.1) is 0 Å². The third-order valence-corrected chi connectivity index (χ3v) is 8.39. The quantitative estimate of drug-likeness (QED) is 0.508. The Hall–Kier alpha value is -1.87. The Labute approximate surface area is 185 Å². The highest BCUT2D eigenvalue weighted by molar-refractivity contribution is 7.89. The molecule has 31 heavy (non-hydrogen) atoms. The largest absolute Gasteiger partial charge is 0.462 e. The molecule has 1 aromatic rings. The van der Waals surface area contributed by atoms with E-state index in [-0.39, 0.29) is 41.5 Å². The summed E-state index contributed by atoms with van der Waals surface area (Å²) in [6, 6.07) is 0.187. The molecule has 2 heterocycles. The van der Waals surface area contributed by atoms with Gasteiger partial charge in [-0.3, -0.25) is 4.79 Å². The van der Waals surface area contributed by atoms with Crippen LogP contribution in [0.1, 0.15) is 80.0 Å². The fraction of sp³-hybridized carbons (Fsp3) is 0.727. The Bertz CT molecular complexity index is 900. The van der Waals surface area contributed by atoms with E-state index in [1.807, 2.05) is 0 Å². The molecule has 1 saturated carbocycles. The first-order chi connectivity index (χ1) is 14.8. The van der Waals surface area contributed by atoms with Crippen LogP contribution < -0.4 is 5.32 Å². The van der Waals surface area contributed by atoms with Crippen molar-refractivity contribution in [2.45, 2.75) is 83.1 Å². The van der Waals surface area contributed by atoms with Gasteiger partial charge in [0.25, 0.3) is 0 Å². The van der Waals surface area contributed by atoms with Gasteiger partial charge in [-0.05, 0) is 46.5 Å². The van der Waals surface area contributed by atoms with E-state index in [4.69, 9.17) is 4.74 Å². The molecule has 8 nitrogen and oxygen atoms in total. The molecule has 0 radical (unpaired) electrons. The van der Waals surface area contributed by atoms with Crippen LogP contribution in [-0.4, -0.2) is 55.3 Å². The number of nitrogens with one attached hydrogen (secondary N) is 2. The molecule has 2 aliphatic rings. The number of aryl methyl sites for hydroxylation is 2. The highest BCUT2D eigenvalue weighted by Gasteiger charge is 2.38. The van der Waals surface area contributed by atoms with Crippen LogP contribution in [0.25, 0.3) is 0 Å². The molecule has 174 valence electrons. The van der Waals surface area contributed by atoms with Gasteiger partial charge in [0.15, 0.2) is 0 Å². The van der Waals surface area contributed by atoms with E-state index in [1.54, 1.807) is 20.8 Å². The number of esters is 1. The minimum absolute atomic E-state index is 0.0340. The fourth-order valence-electron chi connectivity index (χ4n) is 4.78. The number of H-pyrrole nitrogens is 1. The molecule has 0 bridgehead atoms. The summed E-state index contributed by atoms with van der Waals surface area (Å²) < 4.78 is 33.5. The second kappa shape index (κ2) is 10.2. The third kappa shape index (κ3) is 5.31. The number of carbonyl (C=O) groups is 2. The van der Waals surface area contributed by atoms with Crippen molar-refractivity contribution in [3.8, 4) is 0 Å². The third-order valence-electron chi connectivity index (χ3n) is 6.35. The number of hydrogen-bond acceptors (Lipinski definition) is 5. The molecule has 0 aromatic carbocycles. The molecule has 1 aliphatic carbocycles. The topological polar surface area (TPSA) is 109 Å². The maximum absolute atomic E-state index is 13.5. The molecule has 0 spiro atoms. The van der Waals surface area contributed by atoms with Crippen molar-refractivity contribution in [2.24, 2.45) is 5.92 Å². The Morgan fingerprint density at radius 3 is 2.39 bits per heavy atom. The van der Waals surface area contributed by atoms with Crippen LogP contribution in [0.2, 0.25) is 0 Å². The average Bonchev–Trinajstić information content (AvgIpc) is 2.88. The van der Waals surface area contributed by atoms with Gasteiger partial charge in [0.1, 0.15) is 10.5 Å². The second-order valence-electron chi connectivity index (χ2n) is 8.70. The number of carbonyl (C=O) groups excluding carboxylic acids is 2. The van der Waals surface area contributed by atoms with Gasteiger partial charge in [0.2, 0.25) is 15.9 Å². The first-order valence-corrected chi connectivity index (χ1v) is 12.9. The zero-order valence-corrected chi connectivity index (χ0v) is 19.6. The number of piperidine rings is 1. The Morgan fingerprint density at radius 2 is 1.74 bits per heavy atom. The zero-order chi connectivity index (χ0) is 22.6. The van der Waals surface area contributed by atoms with Gasteiger partial charge in [-0.1, -0.05) is 25.7 Å². The molecule has 2 fully saturated rings. The minimum atomic E-state index is -3.95. The van der Waals surface area contributed by atoms with Crippen molar-refractivity contribution in [2.75, 3.05) is 19.7 Å². The molecular formula is C22H35N3O5S. The van der Waals surface area contributed by atoms with E-state index in [0.717, 1.165) is 25.7 Å². The summed E-state index contributed by atoms with van der Waals surface area (Å²) >= 11 is 0. The highest BCUT2D eigenvalue weighted by Crippen LogP contribution is 2.31. The number of amides is 1. The molecule has 0 unspecified atom stereocenters. The number of nitrogens with zero attached hydrogens (tertiary/aromatic N) is 1. The van der Waals surface area contributed by atoms with Gasteiger partial charge >= 0.3 is 5.97 Å². The predicted molar refractivity (Wildman–Crippen MR) is 117 cm³/mol. The normalized spacial score (nSPS) is 21.5. The Kier molecular flexibility index (Phi) is 7.80. The van der Waals surface area contributed by atoms with Gasteiger partial charge in [0, 0.05) is 30.5 Å². The standard InChI is InChI=1S/C22H35N3O5S/c1-4-30-22(27)19-15(2)23-16(3)20(19)31(28,29)25-13-9-10-17(14-25)21(26)24-18-11-7-5-6-8-12-18/h17-18,23H,4-14H2,1-3H3,(H,24,26)/t17-/m1/s1. The summed E-state index contributed by atoms with van der Waals surface area (Å²) in [6.07, 6.45) is 7.92. The van der Waals surface area contributed by atoms with Crippen molar-refractivity contribution in [3.05, 3.63) is 17.0 Å². The summed E-state index contributed by atoms with van der Waals surface area (Å²) in [6.45, 7) is 5.62. The number of sulfonamides is 1. The minimum Gasteiger partial charge on any atom is -0.462 e. The van der Waals surface area contributed by atoms with Crippen molar-refractivity contribution >= 4 is 21.9 Å². The molecule has 1 atom stereocenters. The SMILES string of the molecule is CCOC(=O)c1c(C)[nH]c(C)c1S(=O)(=O)N1CCC[C@@H](C(=O)NC2CCCCCC2)C1. The molecule has 1 aromatic heterocycles. The van der Waals surface area contributed by atoms with Crippen LogP contribution in [0.3, 0.4) is 0 Å². The van der Waals surface area contributed by atoms with Crippen LogP contribution in [0.4, 0.5) is 0 Å². The Balaban J connectivity index is 1.78. The maximum atomic E-state index is 13.5. The molecule has 1 amide bonds. The smallest absolute Gasteiger partial charge is 0.341 e. The molecule has 3 rings (SSSR count). The number of aromatic amines is 1. The lowest BCUT2D eigenvalue weighted by molar-refractivity contribution is -0.126. The van der Waals surface area contributed by atoms with Crippen LogP contribution in [0.15, 0.2) is 4.90 Å². The molecule has 9 heteroatoms. The lowest BCUT2D eigenvalue weighted by atomic mass is 9.97. The van der Waals surface area contributed by atoms with E-state index >= 15 is 0 Å². The summed E-state index contributed by atoms with van der Waals surface area (Å²) in [7, 11) is -3.95. The van der Waals surface area contributed by atoms with E-state index in [1.165, 1.54) is 17.1 Å². The van der Waals surface area contributed by atoms with E-state index in [9.17, 15) is 18.0 Å². The molecular weight excluding hydrogens is 418 g/mol. The summed E-state index contributed by atoms with van der Waals surface area (Å²) in [5, 5.41) is 3.16. The lowest BCUT2D eigenvalue weighted by Gasteiger charge is -2.32. The molecule has 2 N–H and O–H groups in total. The van der Waals surface area contributed by atoms with Gasteiger partial charge in [-0.25, -0.2) is 13.2 Å². The number of aromatic nitrogens is 1. The monoisotopic (exact) mass is 453 g/mol. The Morgan fingerprint density at radius 1 is 1.06 bits per heavy atom. The van der Waals surface area contributed by atoms with Crippen molar-refractivity contribution in [1.82, 2.24) is 14.6 Å². The van der Waals surface area contributed by atoms with E-state index < -0.39 is 16.0 Å². The van der Waals surface area contributed by atoms with Crippen LogP contribution in [0.5, 0.6) is 0 Å². The van der Waals surface area contributed by atoms with E-state index in [0.29, 0.717) is 30.8 Å². The predicted octanol–water partition coefficient (Wildman–Crippen LogP) is 3.05. The summed E-state index contributed by atoms with van der Waals surface area (Å²) in [4.78, 5) is 28.3. The zero-order valence-electron chi connectivity index (χ0n) is 18.8. The fourth-order valence-corrected chi connectivity index (χ4v) is 6.71. The molecule has 1 saturated heterocycles. The summed E-state index contributed by atoms with van der Waals surface area (Å²) in [5.41, 5.74) is 0.934. The second-order valence-corrected chi connectivity index (χ2v) is 10.6. The lowest BCUT2D eigenvalue weighted by Crippen LogP contribution is -2.47. The van der Waals surface area contributed by atoms with Crippen molar-refractivity contribution in [1.29, 1.82) is 0 Å². The highest BCUT2D eigenvalue weighted by atomic mass is 32.2. The van der Waals surface area contributed by atoms with Crippen LogP contribution in [0, 0.1) is 19.8 Å². The van der Waals surface area contributed by atoms with E-state index in [2.05, 4.69) is 10.3 Å². The van der Waals surface area contributed by atoms with Crippen LogP contribution >= 0.6 is 0 Å². The number of hydrogen-bond donors (Lipinski definition) is 2. The summed E-state index contributed by atoms with van der Waals surface area (Å²) in [5.74, 6) is -1.08. The van der Waals surface area contributed by atoms with Crippen molar-refractivity contribution in [3.63, 3.8) is 0 Å². The van der Waals surface area contributed by atoms with Gasteiger partial charge < -0.3 is 15.0 Å². The first kappa shape index (κ1) is 23.8.